The third-order valence-electron chi connectivity index (χ3n) is 3.28. The average Bonchev–Trinajstić information content (AvgIpc) is 2.67. The van der Waals surface area contributed by atoms with E-state index in [1.807, 2.05) is 0 Å². The zero-order valence-corrected chi connectivity index (χ0v) is 20.4. The minimum atomic E-state index is -1.46. The quantitative estimate of drug-likeness (QED) is 0.231. The molecule has 0 atom stereocenters. The van der Waals surface area contributed by atoms with Crippen LogP contribution in [0, 0.1) is 60.7 Å². The fourth-order valence-corrected chi connectivity index (χ4v) is 1.92. The minimum absolute atomic E-state index is 0. The summed E-state index contributed by atoms with van der Waals surface area (Å²) in [7, 11) is 0. The van der Waals surface area contributed by atoms with Gasteiger partial charge in [0.15, 0.2) is 0 Å². The smallest absolute Gasteiger partial charge is 0.863 e. The molecular weight excluding hydrogens is 605 g/mol. The fraction of sp³-hybridized carbons (Fsp3) is 0. The molecular formula is C12H6BaN6O15. The van der Waals surface area contributed by atoms with Crippen LogP contribution in [0.3, 0.4) is 0 Å². The Balaban J connectivity index is 0. The average molecular weight is 612 g/mol. The second-order valence-electron chi connectivity index (χ2n) is 5.17. The molecule has 0 heterocycles. The van der Waals surface area contributed by atoms with Crippen molar-refractivity contribution in [3.63, 3.8) is 0 Å². The minimum Gasteiger partial charge on any atom is -0.863 e. The zero-order valence-electron chi connectivity index (χ0n) is 15.9. The number of rotatable bonds is 6. The van der Waals surface area contributed by atoms with E-state index in [0.717, 1.165) is 0 Å². The number of nitro groups is 6. The van der Waals surface area contributed by atoms with E-state index < -0.39 is 75.2 Å². The maximum absolute atomic E-state index is 11.1. The van der Waals surface area contributed by atoms with Gasteiger partial charge in [0.1, 0.15) is 0 Å². The number of hydrogen-bond donors (Lipinski definition) is 0. The van der Waals surface area contributed by atoms with Crippen molar-refractivity contribution in [1.29, 1.82) is 0 Å². The summed E-state index contributed by atoms with van der Waals surface area (Å²) in [5.41, 5.74) is -6.53. The van der Waals surface area contributed by atoms with Gasteiger partial charge in [-0.15, -0.1) is 0 Å². The molecule has 0 aliphatic heterocycles. The molecule has 0 fully saturated rings. The molecule has 2 aromatic carbocycles. The van der Waals surface area contributed by atoms with E-state index in [-0.39, 0.29) is 54.4 Å². The molecule has 22 heteroatoms. The molecule has 0 aliphatic rings. The summed E-state index contributed by atoms with van der Waals surface area (Å²) in [4.78, 5) is 55.0. The van der Waals surface area contributed by atoms with Gasteiger partial charge in [0, 0.05) is 0 Å². The summed E-state index contributed by atoms with van der Waals surface area (Å²) in [5, 5.41) is 84.2. The van der Waals surface area contributed by atoms with Crippen molar-refractivity contribution in [2.24, 2.45) is 0 Å². The van der Waals surface area contributed by atoms with Crippen LogP contribution in [0.2, 0.25) is 0 Å². The molecule has 0 amide bonds. The molecule has 0 saturated heterocycles. The van der Waals surface area contributed by atoms with E-state index in [0.29, 0.717) is 24.3 Å². The molecule has 2 aromatic rings. The Kier molecular flexibility index (Phi) is 12.2. The third-order valence-corrected chi connectivity index (χ3v) is 3.28. The predicted molar refractivity (Wildman–Crippen MR) is 101 cm³/mol. The number of non-ortho nitro benzene ring substituents is 2. The van der Waals surface area contributed by atoms with Crippen molar-refractivity contribution in [1.82, 2.24) is 0 Å². The molecule has 0 aromatic heterocycles. The van der Waals surface area contributed by atoms with Gasteiger partial charge >= 0.3 is 48.9 Å². The van der Waals surface area contributed by atoms with Crippen LogP contribution in [-0.4, -0.2) is 83.9 Å². The van der Waals surface area contributed by atoms with E-state index in [9.17, 15) is 70.9 Å². The van der Waals surface area contributed by atoms with Crippen molar-refractivity contribution in [2.45, 2.75) is 0 Å². The first-order valence-electron chi connectivity index (χ1n) is 7.25. The summed E-state index contributed by atoms with van der Waals surface area (Å²) < 4.78 is 0. The summed E-state index contributed by atoms with van der Waals surface area (Å²) in [6.07, 6.45) is 0. The largest absolute Gasteiger partial charge is 2.00 e. The van der Waals surface area contributed by atoms with Crippen LogP contribution in [0.1, 0.15) is 0 Å². The topological polar surface area (TPSA) is 336 Å². The van der Waals surface area contributed by atoms with Gasteiger partial charge in [-0.1, -0.05) is 0 Å². The van der Waals surface area contributed by atoms with Gasteiger partial charge in [-0.2, -0.15) is 0 Å². The first-order chi connectivity index (χ1) is 14.7. The molecule has 2 N–H and O–H groups in total. The first kappa shape index (κ1) is 32.2. The van der Waals surface area contributed by atoms with Crippen LogP contribution in [0.25, 0.3) is 0 Å². The van der Waals surface area contributed by atoms with Gasteiger partial charge in [-0.3, -0.25) is 60.7 Å². The van der Waals surface area contributed by atoms with Gasteiger partial charge < -0.3 is 15.7 Å². The van der Waals surface area contributed by atoms with E-state index in [1.165, 1.54) is 0 Å². The summed E-state index contributed by atoms with van der Waals surface area (Å²) in [5.74, 6) is -2.92. The van der Waals surface area contributed by atoms with Crippen LogP contribution >= 0.6 is 0 Å². The predicted octanol–water partition coefficient (Wildman–Crippen LogP) is -0.236. The zero-order chi connectivity index (χ0) is 24.9. The first-order valence-corrected chi connectivity index (χ1v) is 7.25. The van der Waals surface area contributed by atoms with Crippen molar-refractivity contribution in [3.8, 4) is 11.5 Å². The Morgan fingerprint density at radius 3 is 0.735 bits per heavy atom. The molecule has 0 bridgehead atoms. The summed E-state index contributed by atoms with van der Waals surface area (Å²) in [6.45, 7) is 0. The number of nitro benzene ring substituents is 6. The van der Waals surface area contributed by atoms with Gasteiger partial charge in [0.05, 0.1) is 65.3 Å². The van der Waals surface area contributed by atoms with Crippen LogP contribution in [0.15, 0.2) is 24.3 Å². The van der Waals surface area contributed by atoms with Crippen molar-refractivity contribution >= 4 is 83.0 Å². The second kappa shape index (κ2) is 12.9. The molecule has 34 heavy (non-hydrogen) atoms. The van der Waals surface area contributed by atoms with Crippen LogP contribution < -0.4 is 10.2 Å². The normalized spacial score (nSPS) is 9.18. The monoisotopic (exact) mass is 612 g/mol. The van der Waals surface area contributed by atoms with Gasteiger partial charge in [-0.05, 0) is 0 Å². The Labute approximate surface area is 223 Å². The summed E-state index contributed by atoms with van der Waals surface area (Å²) >= 11 is 0. The molecule has 0 unspecified atom stereocenters. The van der Waals surface area contributed by atoms with E-state index in [4.69, 9.17) is 0 Å². The molecule has 176 valence electrons. The maximum atomic E-state index is 11.1. The third kappa shape index (κ3) is 7.53. The van der Waals surface area contributed by atoms with Gasteiger partial charge in [0.25, 0.3) is 34.1 Å². The van der Waals surface area contributed by atoms with Crippen molar-refractivity contribution in [2.75, 3.05) is 0 Å². The Bertz CT molecular complexity index is 1020. The summed E-state index contributed by atoms with van der Waals surface area (Å²) in [6, 6.07) is 1.54. The molecule has 0 spiro atoms. The van der Waals surface area contributed by atoms with Crippen LogP contribution in [0.5, 0.6) is 11.5 Å². The Hall–Kier alpha value is -4.03. The maximum Gasteiger partial charge on any atom is 2.00 e. The molecule has 2 rings (SSSR count). The van der Waals surface area contributed by atoms with Crippen molar-refractivity contribution < 1.29 is 45.2 Å². The number of nitrogens with zero attached hydrogens (tertiary/aromatic N) is 6. The van der Waals surface area contributed by atoms with Gasteiger partial charge in [-0.25, -0.2) is 0 Å². The Morgan fingerprint density at radius 2 is 0.618 bits per heavy atom. The standard InChI is InChI=1S/2C6H3N3O7.Ba.H2O/c2*10-6-4(8(13)14)1-3(7(11)12)2-5(6)9(15)16;;/h2*1-2,10H;;1H2/q;;+2;/p-2. The van der Waals surface area contributed by atoms with Crippen LogP contribution in [-0.2, 0) is 0 Å². The Morgan fingerprint density at radius 1 is 0.441 bits per heavy atom. The number of benzene rings is 2. The van der Waals surface area contributed by atoms with Crippen molar-refractivity contribution in [3.05, 3.63) is 85.0 Å². The van der Waals surface area contributed by atoms with Gasteiger partial charge in [0.2, 0.25) is 0 Å². The second-order valence-corrected chi connectivity index (χ2v) is 5.17. The number of hydrogen-bond acceptors (Lipinski definition) is 14. The SMILES string of the molecule is O.O=[N+]([O-])c1cc([N+](=O)[O-])c([O-])c([N+](=O)[O-])c1.O=[N+]([O-])c1cc([N+](=O)[O-])c([O-])c([N+](=O)[O-])c1.[Ba+2]. The molecule has 21 nitrogen and oxygen atoms in total. The molecule has 0 aliphatic carbocycles. The fourth-order valence-electron chi connectivity index (χ4n) is 1.92. The van der Waals surface area contributed by atoms with E-state index >= 15 is 0 Å². The molecule has 0 saturated carbocycles. The van der Waals surface area contributed by atoms with Crippen LogP contribution in [0.4, 0.5) is 34.1 Å². The molecule has 0 radical (unpaired) electrons. The van der Waals surface area contributed by atoms with E-state index in [2.05, 4.69) is 0 Å². The van der Waals surface area contributed by atoms with E-state index in [1.54, 1.807) is 0 Å².